The van der Waals surface area contributed by atoms with Gasteiger partial charge in [-0.2, -0.15) is 0 Å². The Morgan fingerprint density at radius 1 is 0.960 bits per heavy atom. The molecule has 0 N–H and O–H groups in total. The van der Waals surface area contributed by atoms with Crippen molar-refractivity contribution in [2.45, 2.75) is 18.8 Å². The Balaban J connectivity index is 1.88. The normalized spacial score (nSPS) is 15.1. The maximum absolute atomic E-state index is 14.0. The highest BCUT2D eigenvalue weighted by Crippen LogP contribution is 2.35. The van der Waals surface area contributed by atoms with E-state index in [0.29, 0.717) is 6.92 Å². The minimum atomic E-state index is -3.45. The van der Waals surface area contributed by atoms with Gasteiger partial charge in [-0.1, -0.05) is 47.5 Å². The fourth-order valence-electron chi connectivity index (χ4n) is 2.67. The van der Waals surface area contributed by atoms with Crippen LogP contribution in [0.3, 0.4) is 0 Å². The first-order valence-electron chi connectivity index (χ1n) is 7.43. The Bertz CT molecular complexity index is 811. The van der Waals surface area contributed by atoms with Crippen LogP contribution in [0.15, 0.2) is 54.6 Å². The summed E-state index contributed by atoms with van der Waals surface area (Å²) in [6.07, 6.45) is 0. The van der Waals surface area contributed by atoms with Gasteiger partial charge in [0.2, 0.25) is 0 Å². The minimum absolute atomic E-state index is 0.0246. The third-order valence-corrected chi connectivity index (χ3v) is 3.81. The molecule has 25 heavy (non-hydrogen) atoms. The first kappa shape index (κ1) is 16.8. The van der Waals surface area contributed by atoms with Crippen molar-refractivity contribution in [3.05, 3.63) is 71.3 Å². The molecule has 2 aromatic rings. The van der Waals surface area contributed by atoms with Gasteiger partial charge in [-0.05, 0) is 17.7 Å². The number of fused-ring (bicyclic) bond motifs is 1. The molecule has 0 fully saturated rings. The van der Waals surface area contributed by atoms with Crippen molar-refractivity contribution >= 4 is 17.8 Å². The topological polar surface area (TPSA) is 63.7 Å². The van der Waals surface area contributed by atoms with Crippen LogP contribution in [0.5, 0.6) is 0 Å². The number of hydroxylamine groups is 2. The largest absolute Gasteiger partial charge is 0.346 e. The number of benzene rings is 2. The molecule has 0 aliphatic carbocycles. The lowest BCUT2D eigenvalue weighted by Crippen LogP contribution is -2.38. The van der Waals surface area contributed by atoms with Gasteiger partial charge < -0.3 is 4.84 Å². The molecule has 0 aromatic heterocycles. The zero-order chi connectivity index (χ0) is 18.2. The molecular formula is C18H13F2NO4. The quantitative estimate of drug-likeness (QED) is 0.799. The van der Waals surface area contributed by atoms with Gasteiger partial charge in [0.15, 0.2) is 0 Å². The van der Waals surface area contributed by atoms with E-state index in [1.165, 1.54) is 36.4 Å². The van der Waals surface area contributed by atoms with E-state index in [4.69, 9.17) is 4.84 Å². The van der Waals surface area contributed by atoms with E-state index >= 15 is 0 Å². The van der Waals surface area contributed by atoms with Gasteiger partial charge in [0.1, 0.15) is 5.92 Å². The number of hydrogen-bond donors (Lipinski definition) is 0. The van der Waals surface area contributed by atoms with Gasteiger partial charge in [0.25, 0.3) is 17.7 Å². The molecular weight excluding hydrogens is 332 g/mol. The number of imide groups is 1. The number of alkyl halides is 2. The molecule has 7 heteroatoms. The lowest BCUT2D eigenvalue weighted by atomic mass is 9.94. The average molecular weight is 345 g/mol. The number of halogens is 2. The van der Waals surface area contributed by atoms with Gasteiger partial charge in [-0.3, -0.25) is 9.59 Å². The van der Waals surface area contributed by atoms with Crippen LogP contribution in [0.4, 0.5) is 8.78 Å². The van der Waals surface area contributed by atoms with Crippen LogP contribution in [-0.2, 0) is 9.63 Å². The van der Waals surface area contributed by atoms with Crippen LogP contribution in [0.25, 0.3) is 0 Å². The minimum Gasteiger partial charge on any atom is -0.329 e. The summed E-state index contributed by atoms with van der Waals surface area (Å²) in [6, 6.07) is 13.2. The number of carbonyl (C=O) groups excluding carboxylic acids is 3. The highest BCUT2D eigenvalue weighted by molar-refractivity contribution is 6.20. The highest BCUT2D eigenvalue weighted by atomic mass is 19.3. The second-order valence-corrected chi connectivity index (χ2v) is 5.66. The molecule has 1 aliphatic heterocycles. The molecule has 3 rings (SSSR count). The maximum atomic E-state index is 14.0. The summed E-state index contributed by atoms with van der Waals surface area (Å²) in [4.78, 5) is 41.5. The molecule has 5 nitrogen and oxygen atoms in total. The SMILES string of the molecule is CC(F)(F)C(C(=O)ON1C(=O)c2ccccc2C1=O)c1ccccc1. The average Bonchev–Trinajstić information content (AvgIpc) is 2.80. The molecule has 0 saturated heterocycles. The van der Waals surface area contributed by atoms with Crippen molar-refractivity contribution in [1.82, 2.24) is 5.06 Å². The van der Waals surface area contributed by atoms with Crippen molar-refractivity contribution in [1.29, 1.82) is 0 Å². The van der Waals surface area contributed by atoms with Crippen LogP contribution in [0.2, 0.25) is 0 Å². The van der Waals surface area contributed by atoms with E-state index in [9.17, 15) is 23.2 Å². The first-order chi connectivity index (χ1) is 11.8. The van der Waals surface area contributed by atoms with E-state index in [-0.39, 0.29) is 21.8 Å². The second-order valence-electron chi connectivity index (χ2n) is 5.66. The zero-order valence-electron chi connectivity index (χ0n) is 13.1. The van der Waals surface area contributed by atoms with E-state index in [0.717, 1.165) is 0 Å². The summed E-state index contributed by atoms with van der Waals surface area (Å²) >= 11 is 0. The smallest absolute Gasteiger partial charge is 0.329 e. The molecule has 2 aromatic carbocycles. The molecule has 1 aliphatic rings. The lowest BCUT2D eigenvalue weighted by molar-refractivity contribution is -0.179. The summed E-state index contributed by atoms with van der Waals surface area (Å²) in [6.45, 7) is 0.578. The monoisotopic (exact) mass is 345 g/mol. The molecule has 1 heterocycles. The van der Waals surface area contributed by atoms with E-state index in [1.807, 2.05) is 0 Å². The Morgan fingerprint density at radius 3 is 1.92 bits per heavy atom. The molecule has 0 bridgehead atoms. The molecule has 0 saturated carbocycles. The van der Waals surface area contributed by atoms with E-state index in [1.54, 1.807) is 18.2 Å². The number of carbonyl (C=O) groups is 3. The van der Waals surface area contributed by atoms with Crippen molar-refractivity contribution < 1.29 is 28.0 Å². The van der Waals surface area contributed by atoms with Crippen LogP contribution < -0.4 is 0 Å². The fourth-order valence-corrected chi connectivity index (χ4v) is 2.67. The number of nitrogens with zero attached hydrogens (tertiary/aromatic N) is 1. The number of amides is 2. The van der Waals surface area contributed by atoms with Crippen LogP contribution in [0, 0.1) is 0 Å². The van der Waals surface area contributed by atoms with E-state index in [2.05, 4.69) is 0 Å². The highest BCUT2D eigenvalue weighted by Gasteiger charge is 2.46. The summed E-state index contributed by atoms with van der Waals surface area (Å²) < 4.78 is 27.9. The van der Waals surface area contributed by atoms with Gasteiger partial charge in [0, 0.05) is 6.92 Å². The summed E-state index contributed by atoms with van der Waals surface area (Å²) in [5, 5.41) is 0.231. The summed E-state index contributed by atoms with van der Waals surface area (Å²) in [7, 11) is 0. The molecule has 2 amide bonds. The predicted octanol–water partition coefficient (Wildman–Crippen LogP) is 3.18. The fraction of sp³-hybridized carbons (Fsp3) is 0.167. The van der Waals surface area contributed by atoms with Gasteiger partial charge in [-0.25, -0.2) is 13.6 Å². The maximum Gasteiger partial charge on any atom is 0.346 e. The van der Waals surface area contributed by atoms with Crippen molar-refractivity contribution in [2.24, 2.45) is 0 Å². The van der Waals surface area contributed by atoms with Gasteiger partial charge >= 0.3 is 5.97 Å². The number of rotatable bonds is 4. The predicted molar refractivity (Wildman–Crippen MR) is 82.8 cm³/mol. The standard InChI is InChI=1S/C18H13F2NO4/c1-18(19,20)14(11-7-3-2-4-8-11)17(24)25-21-15(22)12-9-5-6-10-13(12)16(21)23/h2-10,14H,1H3. The zero-order valence-corrected chi connectivity index (χ0v) is 13.1. The Labute approximate surface area is 141 Å². The molecule has 128 valence electrons. The molecule has 1 unspecified atom stereocenters. The lowest BCUT2D eigenvalue weighted by Gasteiger charge is -2.23. The second kappa shape index (κ2) is 6.08. The summed E-state index contributed by atoms with van der Waals surface area (Å²) in [5.41, 5.74) is 0.135. The molecule has 0 radical (unpaired) electrons. The number of hydrogen-bond acceptors (Lipinski definition) is 4. The first-order valence-corrected chi connectivity index (χ1v) is 7.43. The van der Waals surface area contributed by atoms with Gasteiger partial charge in [-0.15, -0.1) is 0 Å². The van der Waals surface area contributed by atoms with Crippen LogP contribution in [-0.4, -0.2) is 28.8 Å². The third kappa shape index (κ3) is 3.00. The van der Waals surface area contributed by atoms with Gasteiger partial charge in [0.05, 0.1) is 11.1 Å². The Hall–Kier alpha value is -3.09. The molecule has 0 spiro atoms. The van der Waals surface area contributed by atoms with E-state index < -0.39 is 29.6 Å². The van der Waals surface area contributed by atoms with Crippen molar-refractivity contribution in [2.75, 3.05) is 0 Å². The van der Waals surface area contributed by atoms with Crippen molar-refractivity contribution in [3.63, 3.8) is 0 Å². The van der Waals surface area contributed by atoms with Crippen molar-refractivity contribution in [3.8, 4) is 0 Å². The van der Waals surface area contributed by atoms with Crippen LogP contribution >= 0.6 is 0 Å². The Kier molecular flexibility index (Phi) is 4.08. The van der Waals surface area contributed by atoms with Crippen LogP contribution in [0.1, 0.15) is 39.1 Å². The third-order valence-electron chi connectivity index (χ3n) is 3.81. The Morgan fingerprint density at radius 2 is 1.44 bits per heavy atom. The summed E-state index contributed by atoms with van der Waals surface area (Å²) in [5.74, 6) is -8.50. The molecule has 1 atom stereocenters.